The molecule has 0 radical (unpaired) electrons. The molecule has 0 aliphatic heterocycles. The minimum absolute atomic E-state index is 0.0580. The molecule has 5 heteroatoms. The van der Waals surface area contributed by atoms with Crippen molar-refractivity contribution >= 4 is 5.97 Å². The summed E-state index contributed by atoms with van der Waals surface area (Å²) in [6, 6.07) is 3.03. The monoisotopic (exact) mass is 218 g/mol. The smallest absolute Gasteiger partial charge is 0.416 e. The van der Waals surface area contributed by atoms with Crippen molar-refractivity contribution in [2.24, 2.45) is 0 Å². The molecule has 15 heavy (non-hydrogen) atoms. The van der Waals surface area contributed by atoms with Crippen molar-refractivity contribution in [1.82, 2.24) is 0 Å². The molecule has 1 aromatic rings. The molecule has 2 nitrogen and oxygen atoms in total. The topological polar surface area (TPSA) is 26.3 Å². The molecule has 0 unspecified atom stereocenters. The predicted molar refractivity (Wildman–Crippen MR) is 47.5 cm³/mol. The van der Waals surface area contributed by atoms with E-state index in [1.165, 1.54) is 6.07 Å². The maximum atomic E-state index is 12.3. The van der Waals surface area contributed by atoms with Gasteiger partial charge in [0.2, 0.25) is 0 Å². The van der Waals surface area contributed by atoms with E-state index in [0.717, 1.165) is 19.1 Å². The first-order chi connectivity index (χ1) is 6.80. The number of carbonyl (C=O) groups excluding carboxylic acids is 1. The summed E-state index contributed by atoms with van der Waals surface area (Å²) < 4.78 is 41.5. The second-order valence-corrected chi connectivity index (χ2v) is 3.07. The normalized spacial score (nSPS) is 11.3. The average Bonchev–Trinajstić information content (AvgIpc) is 2.06. The molecule has 1 rings (SSSR count). The van der Waals surface area contributed by atoms with Gasteiger partial charge in [-0.15, -0.1) is 0 Å². The maximum Gasteiger partial charge on any atom is 0.416 e. The fourth-order valence-electron chi connectivity index (χ4n) is 1.04. The quantitative estimate of drug-likeness (QED) is 0.535. The van der Waals surface area contributed by atoms with Crippen molar-refractivity contribution in [2.75, 3.05) is 0 Å². The van der Waals surface area contributed by atoms with Crippen LogP contribution in [0.15, 0.2) is 18.2 Å². The first-order valence-corrected chi connectivity index (χ1v) is 4.17. The van der Waals surface area contributed by atoms with Gasteiger partial charge in [0.25, 0.3) is 0 Å². The van der Waals surface area contributed by atoms with Crippen LogP contribution in [0.4, 0.5) is 13.2 Å². The molecule has 0 aliphatic carbocycles. The number of hydrogen-bond acceptors (Lipinski definition) is 2. The third-order valence-corrected chi connectivity index (χ3v) is 1.77. The molecule has 0 aromatic heterocycles. The van der Waals surface area contributed by atoms with Crippen LogP contribution in [-0.2, 0) is 11.0 Å². The lowest BCUT2D eigenvalue weighted by molar-refractivity contribution is -0.138. The Morgan fingerprint density at radius 1 is 1.33 bits per heavy atom. The van der Waals surface area contributed by atoms with Gasteiger partial charge in [0.05, 0.1) is 5.56 Å². The number of halogens is 3. The van der Waals surface area contributed by atoms with Crippen LogP contribution in [0.1, 0.15) is 18.1 Å². The minimum atomic E-state index is -4.43. The highest BCUT2D eigenvalue weighted by Crippen LogP contribution is 2.32. The second-order valence-electron chi connectivity index (χ2n) is 3.07. The number of alkyl halides is 3. The zero-order valence-corrected chi connectivity index (χ0v) is 8.18. The van der Waals surface area contributed by atoms with Gasteiger partial charge in [-0.2, -0.15) is 13.2 Å². The summed E-state index contributed by atoms with van der Waals surface area (Å²) in [6.45, 7) is 2.71. The van der Waals surface area contributed by atoms with E-state index in [2.05, 4.69) is 4.74 Å². The second kappa shape index (κ2) is 3.92. The van der Waals surface area contributed by atoms with Crippen LogP contribution in [0.5, 0.6) is 5.75 Å². The molecule has 0 fully saturated rings. The zero-order valence-electron chi connectivity index (χ0n) is 8.18. The fourth-order valence-corrected chi connectivity index (χ4v) is 1.04. The SMILES string of the molecule is CC(=O)Oc1cc(C(F)(F)F)ccc1C. The summed E-state index contributed by atoms with van der Waals surface area (Å²) in [7, 11) is 0. The van der Waals surface area contributed by atoms with E-state index >= 15 is 0 Å². The molecule has 0 heterocycles. The minimum Gasteiger partial charge on any atom is -0.426 e. The molecule has 0 N–H and O–H groups in total. The van der Waals surface area contributed by atoms with Crippen molar-refractivity contribution in [1.29, 1.82) is 0 Å². The Labute approximate surface area is 84.7 Å². The molecule has 82 valence electrons. The van der Waals surface area contributed by atoms with Crippen LogP contribution in [0.2, 0.25) is 0 Å². The number of benzene rings is 1. The lowest BCUT2D eigenvalue weighted by Gasteiger charge is -2.10. The van der Waals surface area contributed by atoms with E-state index < -0.39 is 17.7 Å². The summed E-state index contributed by atoms with van der Waals surface area (Å²) >= 11 is 0. The third-order valence-electron chi connectivity index (χ3n) is 1.77. The Morgan fingerprint density at radius 3 is 2.40 bits per heavy atom. The van der Waals surface area contributed by atoms with Gasteiger partial charge >= 0.3 is 12.1 Å². The molecule has 0 aliphatic rings. The number of rotatable bonds is 1. The number of aryl methyl sites for hydroxylation is 1. The largest absolute Gasteiger partial charge is 0.426 e. The average molecular weight is 218 g/mol. The molecular formula is C10H9F3O2. The third kappa shape index (κ3) is 2.97. The number of hydrogen-bond donors (Lipinski definition) is 0. The van der Waals surface area contributed by atoms with Gasteiger partial charge in [-0.25, -0.2) is 0 Å². The molecule has 0 saturated heterocycles. The van der Waals surface area contributed by atoms with E-state index in [1.54, 1.807) is 6.92 Å². The van der Waals surface area contributed by atoms with E-state index in [-0.39, 0.29) is 5.75 Å². The summed E-state index contributed by atoms with van der Waals surface area (Å²) in [4.78, 5) is 10.6. The summed E-state index contributed by atoms with van der Waals surface area (Å²) in [5, 5.41) is 0. The van der Waals surface area contributed by atoms with Crippen LogP contribution >= 0.6 is 0 Å². The van der Waals surface area contributed by atoms with Crippen LogP contribution in [0, 0.1) is 6.92 Å². The number of ether oxygens (including phenoxy) is 1. The van der Waals surface area contributed by atoms with Gasteiger partial charge in [-0.05, 0) is 24.6 Å². The number of esters is 1. The highest BCUT2D eigenvalue weighted by molar-refractivity contribution is 5.69. The van der Waals surface area contributed by atoms with E-state index in [0.29, 0.717) is 5.56 Å². The Bertz CT molecular complexity index is 383. The van der Waals surface area contributed by atoms with Gasteiger partial charge in [-0.3, -0.25) is 4.79 Å². The molecule has 0 amide bonds. The predicted octanol–water partition coefficient (Wildman–Crippen LogP) is 2.94. The molecule has 0 bridgehead atoms. The van der Waals surface area contributed by atoms with Crippen molar-refractivity contribution in [2.45, 2.75) is 20.0 Å². The summed E-state index contributed by atoms with van der Waals surface area (Å²) in [5.41, 5.74) is -0.345. The maximum absolute atomic E-state index is 12.3. The molecular weight excluding hydrogens is 209 g/mol. The van der Waals surface area contributed by atoms with Crippen molar-refractivity contribution < 1.29 is 22.7 Å². The van der Waals surface area contributed by atoms with Crippen LogP contribution in [-0.4, -0.2) is 5.97 Å². The number of carbonyl (C=O) groups is 1. The van der Waals surface area contributed by atoms with Gasteiger partial charge in [0.1, 0.15) is 5.75 Å². The first kappa shape index (κ1) is 11.6. The molecule has 1 aromatic carbocycles. The molecule has 0 atom stereocenters. The Hall–Kier alpha value is -1.52. The highest BCUT2D eigenvalue weighted by atomic mass is 19.4. The van der Waals surface area contributed by atoms with Gasteiger partial charge in [0.15, 0.2) is 0 Å². The van der Waals surface area contributed by atoms with E-state index in [4.69, 9.17) is 0 Å². The summed E-state index contributed by atoms with van der Waals surface area (Å²) in [5.74, 6) is -0.699. The molecule has 0 saturated carbocycles. The lowest BCUT2D eigenvalue weighted by atomic mass is 10.1. The Kier molecular flexibility index (Phi) is 3.02. The van der Waals surface area contributed by atoms with Crippen molar-refractivity contribution in [3.8, 4) is 5.75 Å². The summed E-state index contributed by atoms with van der Waals surface area (Å²) in [6.07, 6.45) is -4.43. The fraction of sp³-hybridized carbons (Fsp3) is 0.300. The van der Waals surface area contributed by atoms with Gasteiger partial charge in [-0.1, -0.05) is 6.07 Å². The van der Waals surface area contributed by atoms with Crippen LogP contribution in [0.25, 0.3) is 0 Å². The standard InChI is InChI=1S/C10H9F3O2/c1-6-3-4-8(10(11,12)13)5-9(6)15-7(2)14/h3-5H,1-2H3. The van der Waals surface area contributed by atoms with E-state index in [1.807, 2.05) is 0 Å². The first-order valence-electron chi connectivity index (χ1n) is 4.17. The van der Waals surface area contributed by atoms with Crippen molar-refractivity contribution in [3.63, 3.8) is 0 Å². The highest BCUT2D eigenvalue weighted by Gasteiger charge is 2.31. The molecule has 0 spiro atoms. The Morgan fingerprint density at radius 2 is 1.93 bits per heavy atom. The lowest BCUT2D eigenvalue weighted by Crippen LogP contribution is -2.08. The zero-order chi connectivity index (χ0) is 11.6. The van der Waals surface area contributed by atoms with Crippen LogP contribution < -0.4 is 4.74 Å². The van der Waals surface area contributed by atoms with Gasteiger partial charge in [0, 0.05) is 6.92 Å². The van der Waals surface area contributed by atoms with Crippen molar-refractivity contribution in [3.05, 3.63) is 29.3 Å². The Balaban J connectivity index is 3.11. The van der Waals surface area contributed by atoms with Gasteiger partial charge < -0.3 is 4.74 Å². The van der Waals surface area contributed by atoms with Crippen LogP contribution in [0.3, 0.4) is 0 Å². The van der Waals surface area contributed by atoms with E-state index in [9.17, 15) is 18.0 Å².